The molecule has 1 aromatic heterocycles. The first-order valence-electron chi connectivity index (χ1n) is 7.35. The van der Waals surface area contributed by atoms with Gasteiger partial charge in [-0.2, -0.15) is 0 Å². The van der Waals surface area contributed by atoms with Gasteiger partial charge in [-0.05, 0) is 45.0 Å². The van der Waals surface area contributed by atoms with Gasteiger partial charge in [0.1, 0.15) is 24.2 Å². The Hall–Kier alpha value is -1.96. The Morgan fingerprint density at radius 3 is 2.73 bits per heavy atom. The van der Waals surface area contributed by atoms with Crippen molar-refractivity contribution in [3.05, 3.63) is 22.5 Å². The van der Waals surface area contributed by atoms with Crippen LogP contribution >= 0.6 is 0 Å². The van der Waals surface area contributed by atoms with Gasteiger partial charge < -0.3 is 14.9 Å². The minimum atomic E-state index is -0.553. The average molecular weight is 312 g/mol. The molecule has 2 N–H and O–H groups in total. The highest BCUT2D eigenvalue weighted by atomic mass is 16.6. The van der Waals surface area contributed by atoms with Crippen molar-refractivity contribution in [2.75, 3.05) is 0 Å². The summed E-state index contributed by atoms with van der Waals surface area (Å²) in [5.41, 5.74) is 5.47. The number of hydrogen-bond acceptors (Lipinski definition) is 6. The number of rotatable bonds is 8. The quantitative estimate of drug-likeness (QED) is 0.341. The number of nitro groups is 1. The fourth-order valence-corrected chi connectivity index (χ4v) is 2.04. The average Bonchev–Trinajstić information content (AvgIpc) is 2.85. The van der Waals surface area contributed by atoms with Crippen LogP contribution in [0.25, 0.3) is 0 Å². The number of hydrogen-bond donors (Lipinski definition) is 1. The fraction of sp³-hybridized carbons (Fsp3) is 0.714. The van der Waals surface area contributed by atoms with E-state index in [-0.39, 0.29) is 11.9 Å². The smallest absolute Gasteiger partial charge is 0.435 e. The summed E-state index contributed by atoms with van der Waals surface area (Å²) in [7, 11) is 0. The van der Waals surface area contributed by atoms with Gasteiger partial charge in [-0.25, -0.2) is 4.57 Å². The number of aromatic nitrogens is 2. The number of nitrogens with zero attached hydrogens (tertiary/aromatic N) is 3. The summed E-state index contributed by atoms with van der Waals surface area (Å²) in [6, 6.07) is 0. The van der Waals surface area contributed by atoms with E-state index >= 15 is 0 Å². The second-order valence-electron chi connectivity index (χ2n) is 6.14. The van der Waals surface area contributed by atoms with E-state index in [1.54, 1.807) is 0 Å². The lowest BCUT2D eigenvalue weighted by Crippen LogP contribution is -2.23. The van der Waals surface area contributed by atoms with Crippen molar-refractivity contribution < 1.29 is 14.5 Å². The number of esters is 1. The molecule has 0 aromatic carbocycles. The maximum absolute atomic E-state index is 11.5. The van der Waals surface area contributed by atoms with Crippen LogP contribution in [0.2, 0.25) is 0 Å². The predicted molar refractivity (Wildman–Crippen MR) is 81.0 cm³/mol. The van der Waals surface area contributed by atoms with Gasteiger partial charge >= 0.3 is 11.9 Å². The number of ether oxygens (including phenoxy) is 1. The molecule has 22 heavy (non-hydrogen) atoms. The van der Waals surface area contributed by atoms with E-state index in [4.69, 9.17) is 10.5 Å². The maximum atomic E-state index is 11.5. The van der Waals surface area contributed by atoms with Gasteiger partial charge in [0, 0.05) is 6.42 Å². The Kier molecular flexibility index (Phi) is 6.48. The molecular formula is C14H24N4O4. The van der Waals surface area contributed by atoms with Crippen LogP contribution in [-0.4, -0.2) is 26.0 Å². The monoisotopic (exact) mass is 312 g/mol. The van der Waals surface area contributed by atoms with E-state index in [9.17, 15) is 14.9 Å². The van der Waals surface area contributed by atoms with E-state index in [0.717, 1.165) is 12.8 Å². The molecular weight excluding hydrogens is 288 g/mol. The van der Waals surface area contributed by atoms with Crippen molar-refractivity contribution in [3.8, 4) is 0 Å². The van der Waals surface area contributed by atoms with Crippen LogP contribution in [0.4, 0.5) is 5.95 Å². The Labute approximate surface area is 129 Å². The zero-order valence-electron chi connectivity index (χ0n) is 13.3. The van der Waals surface area contributed by atoms with Gasteiger partial charge in [0.25, 0.3) is 0 Å². The van der Waals surface area contributed by atoms with Crippen LogP contribution in [-0.2, 0) is 9.53 Å². The molecule has 1 unspecified atom stereocenters. The molecule has 0 amide bonds. The molecule has 1 aromatic rings. The van der Waals surface area contributed by atoms with Crippen LogP contribution in [0, 0.1) is 10.1 Å². The largest absolute Gasteiger partial charge is 0.460 e. The zero-order valence-corrected chi connectivity index (χ0v) is 13.3. The molecule has 0 fully saturated rings. The fourth-order valence-electron chi connectivity index (χ4n) is 2.04. The van der Waals surface area contributed by atoms with Gasteiger partial charge in [0.05, 0.1) is 0 Å². The highest BCUT2D eigenvalue weighted by molar-refractivity contribution is 5.69. The van der Waals surface area contributed by atoms with E-state index < -0.39 is 16.7 Å². The Morgan fingerprint density at radius 1 is 1.45 bits per heavy atom. The highest BCUT2D eigenvalue weighted by Crippen LogP contribution is 2.18. The molecule has 8 heteroatoms. The number of carbonyl (C=O) groups is 1. The first-order valence-corrected chi connectivity index (χ1v) is 7.35. The third-order valence-corrected chi connectivity index (χ3v) is 2.97. The van der Waals surface area contributed by atoms with E-state index in [1.165, 1.54) is 17.0 Å². The molecule has 0 bridgehead atoms. The third-order valence-electron chi connectivity index (χ3n) is 2.97. The molecule has 0 saturated heterocycles. The zero-order chi connectivity index (χ0) is 16.8. The summed E-state index contributed by atoms with van der Waals surface area (Å²) in [5, 5.41) is 10.8. The summed E-state index contributed by atoms with van der Waals surface area (Å²) in [4.78, 5) is 25.4. The van der Waals surface area contributed by atoms with E-state index in [0.29, 0.717) is 19.3 Å². The van der Waals surface area contributed by atoms with Crippen molar-refractivity contribution in [2.24, 2.45) is 5.73 Å². The first kappa shape index (κ1) is 18.1. The van der Waals surface area contributed by atoms with Crippen LogP contribution in [0.5, 0.6) is 0 Å². The number of nitrogens with two attached hydrogens (primary N) is 1. The normalized spacial score (nSPS) is 12.9. The van der Waals surface area contributed by atoms with Crippen molar-refractivity contribution in [3.63, 3.8) is 0 Å². The maximum Gasteiger partial charge on any atom is 0.435 e. The molecule has 8 nitrogen and oxygen atoms in total. The third kappa shape index (κ3) is 6.21. The summed E-state index contributed by atoms with van der Waals surface area (Å²) >= 11 is 0. The summed E-state index contributed by atoms with van der Waals surface area (Å²) < 4.78 is 6.57. The lowest BCUT2D eigenvalue weighted by atomic mass is 10.1. The lowest BCUT2D eigenvalue weighted by molar-refractivity contribution is -0.397. The Morgan fingerprint density at radius 2 is 2.14 bits per heavy atom. The summed E-state index contributed by atoms with van der Waals surface area (Å²) in [5.74, 6) is -0.455. The van der Waals surface area contributed by atoms with Gasteiger partial charge in [0.2, 0.25) is 0 Å². The molecule has 0 aliphatic carbocycles. The van der Waals surface area contributed by atoms with Crippen molar-refractivity contribution >= 4 is 11.9 Å². The Balaban J connectivity index is 2.26. The van der Waals surface area contributed by atoms with Crippen molar-refractivity contribution in [2.45, 2.75) is 64.6 Å². The van der Waals surface area contributed by atoms with Gasteiger partial charge in [-0.1, -0.05) is 11.4 Å². The Bertz CT molecular complexity index is 507. The topological polar surface area (TPSA) is 113 Å². The number of unbranched alkanes of at least 4 members (excludes halogenated alkanes) is 2. The minimum absolute atomic E-state index is 0.206. The van der Waals surface area contributed by atoms with Crippen LogP contribution in [0.15, 0.2) is 12.4 Å². The molecule has 0 saturated carbocycles. The summed E-state index contributed by atoms with van der Waals surface area (Å²) in [6.07, 6.45) is 5.65. The molecule has 1 atom stereocenters. The molecule has 0 aliphatic rings. The highest BCUT2D eigenvalue weighted by Gasteiger charge is 2.19. The SMILES string of the molecule is CC(C)(C)OC(=O)CCCCCC(N)n1ccnc1[N+](=O)[O-]. The van der Waals surface area contributed by atoms with Crippen LogP contribution < -0.4 is 5.73 Å². The molecule has 1 rings (SSSR count). The van der Waals surface area contributed by atoms with E-state index in [2.05, 4.69) is 4.98 Å². The molecule has 1 heterocycles. The lowest BCUT2D eigenvalue weighted by Gasteiger charge is -2.19. The van der Waals surface area contributed by atoms with Crippen LogP contribution in [0.1, 0.15) is 59.0 Å². The molecule has 124 valence electrons. The second kappa shape index (κ2) is 7.88. The van der Waals surface area contributed by atoms with E-state index in [1.807, 2.05) is 20.8 Å². The minimum Gasteiger partial charge on any atom is -0.460 e. The second-order valence-corrected chi connectivity index (χ2v) is 6.14. The van der Waals surface area contributed by atoms with Crippen molar-refractivity contribution in [1.82, 2.24) is 9.55 Å². The van der Waals surface area contributed by atoms with Gasteiger partial charge in [-0.3, -0.25) is 10.5 Å². The predicted octanol–water partition coefficient (Wildman–Crippen LogP) is 2.54. The van der Waals surface area contributed by atoms with Gasteiger partial charge in [-0.15, -0.1) is 0 Å². The summed E-state index contributed by atoms with van der Waals surface area (Å²) in [6.45, 7) is 5.51. The molecule has 0 spiro atoms. The first-order chi connectivity index (χ1) is 10.2. The van der Waals surface area contributed by atoms with Crippen LogP contribution in [0.3, 0.4) is 0 Å². The number of imidazole rings is 1. The van der Waals surface area contributed by atoms with Crippen molar-refractivity contribution in [1.29, 1.82) is 0 Å². The number of carbonyl (C=O) groups excluding carboxylic acids is 1. The standard InChI is InChI=1S/C14H24N4O4/c1-14(2,3)22-12(19)8-6-4-5-7-11(15)17-10-9-16-13(17)18(20)21/h9-11H,4-8,15H2,1-3H3. The molecule has 0 aliphatic heterocycles. The molecule has 0 radical (unpaired) electrons. The van der Waals surface area contributed by atoms with Gasteiger partial charge in [0.15, 0.2) is 0 Å².